The van der Waals surface area contributed by atoms with Crippen molar-refractivity contribution in [1.29, 1.82) is 0 Å². The lowest BCUT2D eigenvalue weighted by molar-refractivity contribution is -0.662. The van der Waals surface area contributed by atoms with Gasteiger partial charge in [-0.15, -0.1) is 0 Å². The number of aromatic nitrogens is 1. The zero-order valence-corrected chi connectivity index (χ0v) is 15.0. The number of hydrogen-bond acceptors (Lipinski definition) is 5. The number of alkyl halides is 3. The van der Waals surface area contributed by atoms with E-state index in [1.54, 1.807) is 14.2 Å². The van der Waals surface area contributed by atoms with Crippen LogP contribution in [0.1, 0.15) is 5.56 Å². The highest BCUT2D eigenvalue weighted by atomic mass is 19.4. The van der Waals surface area contributed by atoms with Crippen LogP contribution in [0.2, 0.25) is 0 Å². The molecule has 0 amide bonds. The average molecular weight is 395 g/mol. The van der Waals surface area contributed by atoms with Gasteiger partial charge in [0.15, 0.2) is 24.2 Å². The number of aryl methyl sites for hydroxylation is 2. The molecule has 148 valence electrons. The van der Waals surface area contributed by atoms with E-state index in [1.165, 1.54) is 11.1 Å². The fourth-order valence-corrected chi connectivity index (χ4v) is 3.30. The van der Waals surface area contributed by atoms with Gasteiger partial charge < -0.3 is 24.5 Å². The molecule has 0 fully saturated rings. The van der Waals surface area contributed by atoms with Crippen molar-refractivity contribution in [1.82, 2.24) is 0 Å². The molecule has 6 nitrogen and oxygen atoms in total. The second-order valence-electron chi connectivity index (χ2n) is 6.15. The van der Waals surface area contributed by atoms with Crippen LogP contribution in [0.4, 0.5) is 13.2 Å². The number of methoxy groups -OCH3 is 2. The predicted molar refractivity (Wildman–Crippen MR) is 91.2 cm³/mol. The fourth-order valence-electron chi connectivity index (χ4n) is 3.30. The first-order valence-corrected chi connectivity index (χ1v) is 8.17. The van der Waals surface area contributed by atoms with E-state index >= 15 is 0 Å². The van der Waals surface area contributed by atoms with Gasteiger partial charge in [-0.3, -0.25) is 0 Å². The van der Waals surface area contributed by atoms with Crippen molar-refractivity contribution in [2.45, 2.75) is 19.1 Å². The molecule has 2 heterocycles. The highest BCUT2D eigenvalue weighted by Gasteiger charge is 2.29. The second-order valence-corrected chi connectivity index (χ2v) is 6.15. The van der Waals surface area contributed by atoms with Crippen LogP contribution in [0, 0.1) is 0 Å². The van der Waals surface area contributed by atoms with Gasteiger partial charge in [0, 0.05) is 17.4 Å². The van der Waals surface area contributed by atoms with Crippen LogP contribution in [-0.2, 0) is 17.8 Å². The number of aliphatic carboxylic acids is 1. The van der Waals surface area contributed by atoms with Crippen LogP contribution in [0.15, 0.2) is 30.5 Å². The number of rotatable bonds is 2. The van der Waals surface area contributed by atoms with E-state index in [0.29, 0.717) is 11.5 Å². The minimum Gasteiger partial charge on any atom is -0.542 e. The Labute approximate surface area is 157 Å². The molecule has 9 heteroatoms. The summed E-state index contributed by atoms with van der Waals surface area (Å²) in [6.07, 6.45) is -2.09. The number of fused-ring (bicyclic) bond motifs is 2. The Morgan fingerprint density at radius 2 is 1.71 bits per heavy atom. The van der Waals surface area contributed by atoms with E-state index in [1.807, 2.05) is 24.3 Å². The van der Waals surface area contributed by atoms with Gasteiger partial charge in [-0.2, -0.15) is 17.7 Å². The standard InChI is InChI=1S/C17H15NO3.C2HF3O2/c1-20-15-6-11-9-18-4-3-10-5-12(19)7-14(17(10)18)13(11)8-16(15)21-2;3-2(4,5)1(6)7/h5-9H,3-4H2,1-2H3;(H,6,7). The third kappa shape index (κ3) is 3.47. The van der Waals surface area contributed by atoms with E-state index in [0.717, 1.165) is 34.9 Å². The number of aromatic hydroxyl groups is 1. The van der Waals surface area contributed by atoms with Crippen LogP contribution in [0.5, 0.6) is 17.2 Å². The Hall–Kier alpha value is -3.23. The molecule has 1 aliphatic rings. The molecule has 2 aromatic carbocycles. The van der Waals surface area contributed by atoms with Crippen LogP contribution >= 0.6 is 0 Å². The third-order valence-electron chi connectivity index (χ3n) is 4.46. The molecule has 0 spiro atoms. The van der Waals surface area contributed by atoms with Crippen molar-refractivity contribution in [3.63, 3.8) is 0 Å². The minimum atomic E-state index is -5.19. The molecular weight excluding hydrogens is 379 g/mol. The smallest absolute Gasteiger partial charge is 0.430 e. The van der Waals surface area contributed by atoms with Crippen LogP contribution in [0.25, 0.3) is 21.7 Å². The summed E-state index contributed by atoms with van der Waals surface area (Å²) >= 11 is 0. The summed E-state index contributed by atoms with van der Waals surface area (Å²) in [6, 6.07) is 7.65. The number of ether oxygens (including phenoxy) is 2. The van der Waals surface area contributed by atoms with Gasteiger partial charge in [0.05, 0.1) is 25.0 Å². The van der Waals surface area contributed by atoms with E-state index in [-0.39, 0.29) is 0 Å². The number of carbonyl (C=O) groups is 1. The third-order valence-corrected chi connectivity index (χ3v) is 4.46. The number of benzene rings is 2. The second kappa shape index (κ2) is 7.06. The lowest BCUT2D eigenvalue weighted by Crippen LogP contribution is -2.37. The molecule has 3 aromatic rings. The topological polar surface area (TPSA) is 82.7 Å². The van der Waals surface area contributed by atoms with Crippen molar-refractivity contribution >= 4 is 27.6 Å². The molecule has 1 aromatic heterocycles. The SMILES string of the molecule is COc1cc2c[n+]3c4c(cc(O)cc4c2cc1OC)CC3.O=C([O-])C(F)(F)F. The number of carboxylic acid groups (broad SMARTS) is 1. The van der Waals surface area contributed by atoms with Crippen LogP contribution in [0.3, 0.4) is 0 Å². The highest BCUT2D eigenvalue weighted by molar-refractivity contribution is 6.06. The Morgan fingerprint density at radius 1 is 1.11 bits per heavy atom. The summed E-state index contributed by atoms with van der Waals surface area (Å²) in [5.41, 5.74) is 2.40. The van der Waals surface area contributed by atoms with Crippen molar-refractivity contribution in [2.24, 2.45) is 0 Å². The molecule has 1 aliphatic heterocycles. The predicted octanol–water partition coefficient (Wildman–Crippen LogP) is 1.86. The maximum Gasteiger partial charge on any atom is 0.430 e. The normalized spacial score (nSPS) is 12.6. The van der Waals surface area contributed by atoms with E-state index in [2.05, 4.69) is 10.8 Å². The summed E-state index contributed by atoms with van der Waals surface area (Å²) < 4.78 is 44.6. The molecule has 0 unspecified atom stereocenters. The van der Waals surface area contributed by atoms with Gasteiger partial charge in [0.2, 0.25) is 5.52 Å². The molecule has 0 radical (unpaired) electrons. The van der Waals surface area contributed by atoms with E-state index in [4.69, 9.17) is 19.4 Å². The number of nitrogens with zero attached hydrogens (tertiary/aromatic N) is 1. The Kier molecular flexibility index (Phi) is 4.93. The quantitative estimate of drug-likeness (QED) is 0.529. The van der Waals surface area contributed by atoms with Crippen molar-refractivity contribution < 1.29 is 42.2 Å². The number of phenolic OH excluding ortho intramolecular Hbond substituents is 1. The Bertz CT molecular complexity index is 1080. The molecule has 28 heavy (non-hydrogen) atoms. The zero-order chi connectivity index (χ0) is 20.6. The molecule has 0 atom stereocenters. The van der Waals surface area contributed by atoms with Crippen molar-refractivity contribution in [2.75, 3.05) is 14.2 Å². The number of halogens is 3. The first-order valence-electron chi connectivity index (χ1n) is 8.17. The monoisotopic (exact) mass is 395 g/mol. The number of carbonyl (C=O) groups excluding carboxylic acids is 1. The summed E-state index contributed by atoms with van der Waals surface area (Å²) in [5, 5.41) is 22.0. The molecule has 0 saturated heterocycles. The van der Waals surface area contributed by atoms with Crippen LogP contribution in [-0.4, -0.2) is 31.5 Å². The molecule has 4 rings (SSSR count). The molecular formula is C19H16F3NO5. The molecule has 1 N–H and O–H groups in total. The maximum atomic E-state index is 10.5. The molecule has 0 bridgehead atoms. The molecule has 0 aliphatic carbocycles. The maximum absolute atomic E-state index is 10.5. The Morgan fingerprint density at radius 3 is 2.29 bits per heavy atom. The van der Waals surface area contributed by atoms with Gasteiger partial charge >= 0.3 is 6.18 Å². The Balaban J connectivity index is 0.000000279. The lowest BCUT2D eigenvalue weighted by atomic mass is 10.0. The first-order chi connectivity index (χ1) is 13.2. The van der Waals surface area contributed by atoms with E-state index in [9.17, 15) is 18.3 Å². The number of phenols is 1. The van der Waals surface area contributed by atoms with Gasteiger partial charge in [-0.25, -0.2) is 0 Å². The largest absolute Gasteiger partial charge is 0.542 e. The number of hydrogen-bond donors (Lipinski definition) is 1. The van der Waals surface area contributed by atoms with Crippen molar-refractivity contribution in [3.05, 3.63) is 36.0 Å². The zero-order valence-electron chi connectivity index (χ0n) is 15.0. The highest BCUT2D eigenvalue weighted by Crippen LogP contribution is 2.37. The number of pyridine rings is 1. The first kappa shape index (κ1) is 19.5. The lowest BCUT2D eigenvalue weighted by Gasteiger charge is -2.10. The molecule has 0 saturated carbocycles. The van der Waals surface area contributed by atoms with Gasteiger partial charge in [-0.05, 0) is 24.3 Å². The van der Waals surface area contributed by atoms with Gasteiger partial charge in [0.1, 0.15) is 11.7 Å². The summed E-state index contributed by atoms with van der Waals surface area (Å²) in [5.74, 6) is -1.27. The van der Waals surface area contributed by atoms with Crippen LogP contribution < -0.4 is 19.1 Å². The number of carboxylic acids is 1. The van der Waals surface area contributed by atoms with Gasteiger partial charge in [0.25, 0.3) is 0 Å². The van der Waals surface area contributed by atoms with E-state index < -0.39 is 12.1 Å². The summed E-state index contributed by atoms with van der Waals surface area (Å²) in [6.45, 7) is 0.944. The van der Waals surface area contributed by atoms with Gasteiger partial charge in [-0.1, -0.05) is 0 Å². The summed E-state index contributed by atoms with van der Waals surface area (Å²) in [7, 11) is 3.27. The minimum absolute atomic E-state index is 0.313. The average Bonchev–Trinajstić information content (AvgIpc) is 3.03. The van der Waals surface area contributed by atoms with Crippen molar-refractivity contribution in [3.8, 4) is 17.2 Å². The fraction of sp³-hybridized carbons (Fsp3) is 0.263. The summed E-state index contributed by atoms with van der Waals surface area (Å²) in [4.78, 5) is 8.78.